The quantitative estimate of drug-likeness (QED) is 0.671. The molecule has 1 aliphatic rings. The SMILES string of the molecule is CC(=O)N(C)c1ccc(NCC(=O)Nc2cccc(NC(=O)C3CC3)c2C)cc1. The summed E-state index contributed by atoms with van der Waals surface area (Å²) in [6.45, 7) is 3.47. The normalized spacial score (nSPS) is 12.8. The van der Waals surface area contributed by atoms with Crippen molar-refractivity contribution in [2.45, 2.75) is 26.7 Å². The van der Waals surface area contributed by atoms with Gasteiger partial charge in [-0.3, -0.25) is 14.4 Å². The van der Waals surface area contributed by atoms with Crippen molar-refractivity contribution in [1.82, 2.24) is 0 Å². The van der Waals surface area contributed by atoms with E-state index in [1.807, 2.05) is 49.4 Å². The molecule has 29 heavy (non-hydrogen) atoms. The first-order valence-electron chi connectivity index (χ1n) is 9.63. The lowest BCUT2D eigenvalue weighted by atomic mass is 10.1. The number of anilines is 4. The van der Waals surface area contributed by atoms with Crippen molar-refractivity contribution in [3.63, 3.8) is 0 Å². The van der Waals surface area contributed by atoms with Crippen molar-refractivity contribution in [3.05, 3.63) is 48.0 Å². The molecule has 0 spiro atoms. The van der Waals surface area contributed by atoms with Crippen molar-refractivity contribution in [2.24, 2.45) is 5.92 Å². The number of nitrogens with zero attached hydrogens (tertiary/aromatic N) is 1. The predicted molar refractivity (Wildman–Crippen MR) is 115 cm³/mol. The van der Waals surface area contributed by atoms with E-state index in [1.54, 1.807) is 11.9 Å². The van der Waals surface area contributed by atoms with Crippen LogP contribution in [0.15, 0.2) is 42.5 Å². The van der Waals surface area contributed by atoms with E-state index in [0.717, 1.165) is 35.5 Å². The van der Waals surface area contributed by atoms with Gasteiger partial charge in [0, 0.05) is 42.6 Å². The van der Waals surface area contributed by atoms with E-state index in [2.05, 4.69) is 16.0 Å². The molecule has 0 atom stereocenters. The molecular weight excluding hydrogens is 368 g/mol. The van der Waals surface area contributed by atoms with Gasteiger partial charge in [0.15, 0.2) is 0 Å². The third-order valence-electron chi connectivity index (χ3n) is 4.99. The highest BCUT2D eigenvalue weighted by Crippen LogP contribution is 2.31. The Balaban J connectivity index is 1.55. The second-order valence-electron chi connectivity index (χ2n) is 7.27. The summed E-state index contributed by atoms with van der Waals surface area (Å²) in [4.78, 5) is 37.3. The largest absolute Gasteiger partial charge is 0.376 e. The van der Waals surface area contributed by atoms with Crippen LogP contribution >= 0.6 is 0 Å². The van der Waals surface area contributed by atoms with Crippen LogP contribution < -0.4 is 20.9 Å². The molecule has 3 N–H and O–H groups in total. The number of hydrogen-bond acceptors (Lipinski definition) is 4. The number of benzene rings is 2. The van der Waals surface area contributed by atoms with E-state index in [-0.39, 0.29) is 30.2 Å². The van der Waals surface area contributed by atoms with Gasteiger partial charge in [-0.1, -0.05) is 6.07 Å². The summed E-state index contributed by atoms with van der Waals surface area (Å²) in [5.74, 6) is -0.0738. The predicted octanol–water partition coefficient (Wildman–Crippen LogP) is 3.38. The molecule has 7 heteroatoms. The molecule has 152 valence electrons. The van der Waals surface area contributed by atoms with Gasteiger partial charge < -0.3 is 20.9 Å². The van der Waals surface area contributed by atoms with Gasteiger partial charge >= 0.3 is 0 Å². The Morgan fingerprint density at radius 1 is 1.00 bits per heavy atom. The molecule has 3 rings (SSSR count). The van der Waals surface area contributed by atoms with Crippen molar-refractivity contribution in [3.8, 4) is 0 Å². The minimum atomic E-state index is -0.191. The Hall–Kier alpha value is -3.35. The maximum atomic E-state index is 12.3. The summed E-state index contributed by atoms with van der Waals surface area (Å²) in [6.07, 6.45) is 1.89. The fraction of sp³-hybridized carbons (Fsp3) is 0.318. The van der Waals surface area contributed by atoms with Crippen LogP contribution in [-0.4, -0.2) is 31.3 Å². The lowest BCUT2D eigenvalue weighted by Crippen LogP contribution is -2.23. The summed E-state index contributed by atoms with van der Waals surface area (Å²) >= 11 is 0. The van der Waals surface area contributed by atoms with Gasteiger partial charge in [0.25, 0.3) is 0 Å². The number of carbonyl (C=O) groups is 3. The summed E-state index contributed by atoms with van der Waals surface area (Å²) in [7, 11) is 1.71. The van der Waals surface area contributed by atoms with Crippen LogP contribution in [0.4, 0.5) is 22.7 Å². The van der Waals surface area contributed by atoms with Gasteiger partial charge in [0.1, 0.15) is 0 Å². The number of rotatable bonds is 7. The van der Waals surface area contributed by atoms with Crippen molar-refractivity contribution >= 4 is 40.5 Å². The van der Waals surface area contributed by atoms with Gasteiger partial charge in [0.2, 0.25) is 17.7 Å². The molecule has 0 unspecified atom stereocenters. The van der Waals surface area contributed by atoms with Crippen LogP contribution in [-0.2, 0) is 14.4 Å². The first kappa shape index (κ1) is 20.4. The van der Waals surface area contributed by atoms with Gasteiger partial charge in [-0.2, -0.15) is 0 Å². The smallest absolute Gasteiger partial charge is 0.243 e. The standard InChI is InChI=1S/C22H26N4O3/c1-14-19(5-4-6-20(14)25-22(29)16-7-8-16)24-21(28)13-23-17-9-11-18(12-10-17)26(3)15(2)27/h4-6,9-12,16,23H,7-8,13H2,1-3H3,(H,24,28)(H,25,29). The molecule has 3 amide bonds. The van der Waals surface area contributed by atoms with Gasteiger partial charge in [-0.05, 0) is 61.7 Å². The first-order chi connectivity index (χ1) is 13.8. The summed E-state index contributed by atoms with van der Waals surface area (Å²) in [5.41, 5.74) is 3.78. The summed E-state index contributed by atoms with van der Waals surface area (Å²) in [6, 6.07) is 12.7. The average molecular weight is 394 g/mol. The zero-order chi connectivity index (χ0) is 21.0. The maximum Gasteiger partial charge on any atom is 0.243 e. The molecule has 0 saturated heterocycles. The van der Waals surface area contributed by atoms with E-state index >= 15 is 0 Å². The van der Waals surface area contributed by atoms with E-state index in [9.17, 15) is 14.4 Å². The van der Waals surface area contributed by atoms with Crippen LogP contribution in [0, 0.1) is 12.8 Å². The maximum absolute atomic E-state index is 12.3. The Morgan fingerprint density at radius 2 is 1.62 bits per heavy atom. The molecule has 0 aromatic heterocycles. The molecule has 7 nitrogen and oxygen atoms in total. The summed E-state index contributed by atoms with van der Waals surface area (Å²) < 4.78 is 0. The number of nitrogens with one attached hydrogen (secondary N) is 3. The molecule has 0 heterocycles. The third-order valence-corrected chi connectivity index (χ3v) is 4.99. The second-order valence-corrected chi connectivity index (χ2v) is 7.27. The fourth-order valence-electron chi connectivity index (χ4n) is 2.85. The fourth-order valence-corrected chi connectivity index (χ4v) is 2.85. The van der Waals surface area contributed by atoms with Crippen LogP contribution in [0.2, 0.25) is 0 Å². The molecular formula is C22H26N4O3. The first-order valence-corrected chi connectivity index (χ1v) is 9.63. The second kappa shape index (κ2) is 8.77. The van der Waals surface area contributed by atoms with Gasteiger partial charge in [0.05, 0.1) is 6.54 Å². The minimum Gasteiger partial charge on any atom is -0.376 e. The molecule has 1 saturated carbocycles. The highest BCUT2D eigenvalue weighted by molar-refractivity contribution is 5.98. The molecule has 0 radical (unpaired) electrons. The lowest BCUT2D eigenvalue weighted by Gasteiger charge is -2.16. The minimum absolute atomic E-state index is 0.0390. The van der Waals surface area contributed by atoms with Gasteiger partial charge in [-0.25, -0.2) is 0 Å². The highest BCUT2D eigenvalue weighted by atomic mass is 16.2. The third kappa shape index (κ3) is 5.34. The number of carbonyl (C=O) groups excluding carboxylic acids is 3. The molecule has 1 fully saturated rings. The molecule has 2 aromatic carbocycles. The molecule has 1 aliphatic carbocycles. The van der Waals surface area contributed by atoms with E-state index in [0.29, 0.717) is 5.69 Å². The Kier molecular flexibility index (Phi) is 6.16. The Bertz CT molecular complexity index is 920. The van der Waals surface area contributed by atoms with Crippen LogP contribution in [0.5, 0.6) is 0 Å². The lowest BCUT2D eigenvalue weighted by molar-refractivity contribution is -0.117. The Labute approximate surface area is 170 Å². The summed E-state index contributed by atoms with van der Waals surface area (Å²) in [5, 5.41) is 8.87. The average Bonchev–Trinajstić information content (AvgIpc) is 3.54. The highest BCUT2D eigenvalue weighted by Gasteiger charge is 2.29. The molecule has 0 bridgehead atoms. The zero-order valence-electron chi connectivity index (χ0n) is 16.9. The Morgan fingerprint density at radius 3 is 2.21 bits per heavy atom. The van der Waals surface area contributed by atoms with Gasteiger partial charge in [-0.15, -0.1) is 0 Å². The number of hydrogen-bond donors (Lipinski definition) is 3. The van der Waals surface area contributed by atoms with E-state index in [4.69, 9.17) is 0 Å². The topological polar surface area (TPSA) is 90.5 Å². The van der Waals surface area contributed by atoms with Crippen molar-refractivity contribution < 1.29 is 14.4 Å². The molecule has 0 aliphatic heterocycles. The van der Waals surface area contributed by atoms with Crippen LogP contribution in [0.3, 0.4) is 0 Å². The number of amides is 3. The van der Waals surface area contributed by atoms with Crippen LogP contribution in [0.25, 0.3) is 0 Å². The van der Waals surface area contributed by atoms with Crippen LogP contribution in [0.1, 0.15) is 25.3 Å². The van der Waals surface area contributed by atoms with E-state index < -0.39 is 0 Å². The van der Waals surface area contributed by atoms with E-state index in [1.165, 1.54) is 6.92 Å². The molecule has 2 aromatic rings. The zero-order valence-corrected chi connectivity index (χ0v) is 16.9. The van der Waals surface area contributed by atoms with Crippen molar-refractivity contribution in [1.29, 1.82) is 0 Å². The van der Waals surface area contributed by atoms with Crippen molar-refractivity contribution in [2.75, 3.05) is 34.4 Å². The monoisotopic (exact) mass is 394 g/mol.